The summed E-state index contributed by atoms with van der Waals surface area (Å²) in [5, 5.41) is 0. The van der Waals surface area contributed by atoms with E-state index in [0.29, 0.717) is 0 Å². The zero-order valence-electron chi connectivity index (χ0n) is 9.74. The first-order chi connectivity index (χ1) is 7.55. The van der Waals surface area contributed by atoms with Crippen molar-refractivity contribution in [3.63, 3.8) is 0 Å². The molecule has 0 radical (unpaired) electrons. The number of carbonyl (C=O) groups is 1. The van der Waals surface area contributed by atoms with Crippen molar-refractivity contribution in [3.05, 3.63) is 35.9 Å². The SMILES string of the molecule is CCC(I)(CC)C(C(N)=O)c1ccccc1. The maximum atomic E-state index is 11.7. The van der Waals surface area contributed by atoms with Gasteiger partial charge >= 0.3 is 0 Å². The normalized spacial score (nSPS) is 13.4. The van der Waals surface area contributed by atoms with Gasteiger partial charge in [0.05, 0.1) is 5.92 Å². The molecule has 0 saturated carbocycles. The number of carbonyl (C=O) groups excluding carboxylic acids is 1. The second kappa shape index (κ2) is 5.66. The summed E-state index contributed by atoms with van der Waals surface area (Å²) in [5.74, 6) is -0.436. The van der Waals surface area contributed by atoms with E-state index < -0.39 is 0 Å². The molecule has 16 heavy (non-hydrogen) atoms. The molecule has 88 valence electrons. The molecule has 1 aromatic carbocycles. The Morgan fingerprint density at radius 1 is 1.31 bits per heavy atom. The summed E-state index contributed by atoms with van der Waals surface area (Å²) in [6.07, 6.45) is 1.87. The van der Waals surface area contributed by atoms with Crippen LogP contribution < -0.4 is 5.73 Å². The van der Waals surface area contributed by atoms with Crippen LogP contribution in [0.3, 0.4) is 0 Å². The summed E-state index contributed by atoms with van der Waals surface area (Å²) in [5.41, 5.74) is 6.58. The molecule has 1 atom stereocenters. The number of primary amides is 1. The molecule has 2 N–H and O–H groups in total. The lowest BCUT2D eigenvalue weighted by Gasteiger charge is -2.32. The molecule has 0 saturated heterocycles. The number of halogens is 1. The van der Waals surface area contributed by atoms with E-state index in [1.54, 1.807) is 0 Å². The molecule has 0 aliphatic heterocycles. The van der Waals surface area contributed by atoms with Gasteiger partial charge in [0.2, 0.25) is 5.91 Å². The van der Waals surface area contributed by atoms with Crippen LogP contribution in [0.15, 0.2) is 30.3 Å². The summed E-state index contributed by atoms with van der Waals surface area (Å²) < 4.78 is -0.0784. The van der Waals surface area contributed by atoms with E-state index in [2.05, 4.69) is 36.4 Å². The molecular weight excluding hydrogens is 313 g/mol. The van der Waals surface area contributed by atoms with Crippen LogP contribution in [0, 0.1) is 0 Å². The fraction of sp³-hybridized carbons (Fsp3) is 0.462. The molecule has 0 heterocycles. The van der Waals surface area contributed by atoms with Gasteiger partial charge in [-0.05, 0) is 18.4 Å². The number of rotatable bonds is 5. The van der Waals surface area contributed by atoms with E-state index in [1.165, 1.54) is 0 Å². The molecule has 0 aliphatic carbocycles. The Kier molecular flexibility index (Phi) is 4.77. The van der Waals surface area contributed by atoms with Crippen LogP contribution in [0.2, 0.25) is 0 Å². The van der Waals surface area contributed by atoms with Crippen LogP contribution in [0.4, 0.5) is 0 Å². The van der Waals surface area contributed by atoms with Crippen LogP contribution in [-0.2, 0) is 4.79 Å². The molecule has 1 amide bonds. The van der Waals surface area contributed by atoms with E-state index in [0.717, 1.165) is 18.4 Å². The average molecular weight is 331 g/mol. The van der Waals surface area contributed by atoms with Crippen molar-refractivity contribution in [3.8, 4) is 0 Å². The third kappa shape index (κ3) is 2.75. The van der Waals surface area contributed by atoms with Crippen molar-refractivity contribution in [2.45, 2.75) is 36.0 Å². The topological polar surface area (TPSA) is 43.1 Å². The van der Waals surface area contributed by atoms with Gasteiger partial charge in [-0.25, -0.2) is 0 Å². The highest BCUT2D eigenvalue weighted by molar-refractivity contribution is 14.1. The lowest BCUT2D eigenvalue weighted by molar-refractivity contribution is -0.120. The van der Waals surface area contributed by atoms with E-state index in [9.17, 15) is 4.79 Å². The smallest absolute Gasteiger partial charge is 0.226 e. The van der Waals surface area contributed by atoms with Gasteiger partial charge in [0.25, 0.3) is 0 Å². The Balaban J connectivity index is 3.15. The minimum absolute atomic E-state index is 0.0784. The predicted octanol–water partition coefficient (Wildman–Crippen LogP) is 3.25. The molecular formula is C13H18INO. The average Bonchev–Trinajstić information content (AvgIpc) is 2.30. The molecule has 3 heteroatoms. The maximum Gasteiger partial charge on any atom is 0.226 e. The van der Waals surface area contributed by atoms with Crippen molar-refractivity contribution in [1.29, 1.82) is 0 Å². The minimum Gasteiger partial charge on any atom is -0.369 e. The Labute approximate surface area is 111 Å². The zero-order valence-corrected chi connectivity index (χ0v) is 11.9. The molecule has 0 aromatic heterocycles. The summed E-state index contributed by atoms with van der Waals surface area (Å²) in [6, 6.07) is 9.82. The maximum absolute atomic E-state index is 11.7. The summed E-state index contributed by atoms with van der Waals surface area (Å²) >= 11 is 2.38. The largest absolute Gasteiger partial charge is 0.369 e. The van der Waals surface area contributed by atoms with Gasteiger partial charge in [0, 0.05) is 3.42 Å². The van der Waals surface area contributed by atoms with Crippen molar-refractivity contribution in [2.24, 2.45) is 5.73 Å². The predicted molar refractivity (Wildman–Crippen MR) is 75.7 cm³/mol. The van der Waals surface area contributed by atoms with Gasteiger partial charge in [-0.1, -0.05) is 66.8 Å². The Hall–Kier alpha value is -0.580. The number of alkyl halides is 1. The summed E-state index contributed by atoms with van der Waals surface area (Å²) in [6.45, 7) is 4.21. The van der Waals surface area contributed by atoms with E-state index in [4.69, 9.17) is 5.73 Å². The Bertz CT molecular complexity index is 346. The number of nitrogens with two attached hydrogens (primary N) is 1. The first-order valence-corrected chi connectivity index (χ1v) is 6.66. The molecule has 1 unspecified atom stereocenters. The Morgan fingerprint density at radius 2 is 1.81 bits per heavy atom. The minimum atomic E-state index is -0.232. The van der Waals surface area contributed by atoms with Crippen molar-refractivity contribution < 1.29 is 4.79 Å². The number of hydrogen-bond donors (Lipinski definition) is 1. The third-order valence-corrected chi connectivity index (χ3v) is 5.26. The van der Waals surface area contributed by atoms with Gasteiger partial charge in [0.15, 0.2) is 0 Å². The monoisotopic (exact) mass is 331 g/mol. The van der Waals surface area contributed by atoms with Crippen LogP contribution >= 0.6 is 22.6 Å². The fourth-order valence-electron chi connectivity index (χ4n) is 2.02. The van der Waals surface area contributed by atoms with Crippen molar-refractivity contribution in [1.82, 2.24) is 0 Å². The highest BCUT2D eigenvalue weighted by Crippen LogP contribution is 2.41. The van der Waals surface area contributed by atoms with Crippen LogP contribution in [0.25, 0.3) is 0 Å². The Morgan fingerprint density at radius 3 is 2.19 bits per heavy atom. The molecule has 0 aliphatic rings. The van der Waals surface area contributed by atoms with E-state index >= 15 is 0 Å². The van der Waals surface area contributed by atoms with Gasteiger partial charge in [-0.15, -0.1) is 0 Å². The highest BCUT2D eigenvalue weighted by Gasteiger charge is 2.37. The first kappa shape index (κ1) is 13.5. The standard InChI is InChI=1S/C13H18INO/c1-3-13(14,4-2)11(12(15)16)10-8-6-5-7-9-10/h5-9,11H,3-4H2,1-2H3,(H2,15,16). The molecule has 1 aromatic rings. The fourth-order valence-corrected chi connectivity index (χ4v) is 2.69. The zero-order chi connectivity index (χ0) is 12.2. The second-order valence-corrected chi connectivity index (χ2v) is 6.14. The van der Waals surface area contributed by atoms with Crippen LogP contribution in [-0.4, -0.2) is 9.33 Å². The quantitative estimate of drug-likeness (QED) is 0.653. The molecule has 2 nitrogen and oxygen atoms in total. The molecule has 0 spiro atoms. The number of amides is 1. The van der Waals surface area contributed by atoms with Gasteiger partial charge in [0.1, 0.15) is 0 Å². The van der Waals surface area contributed by atoms with Gasteiger partial charge in [-0.2, -0.15) is 0 Å². The summed E-state index contributed by atoms with van der Waals surface area (Å²) in [4.78, 5) is 11.7. The second-order valence-electron chi connectivity index (χ2n) is 3.99. The van der Waals surface area contributed by atoms with Crippen LogP contribution in [0.5, 0.6) is 0 Å². The van der Waals surface area contributed by atoms with Crippen molar-refractivity contribution in [2.75, 3.05) is 0 Å². The van der Waals surface area contributed by atoms with Gasteiger partial charge < -0.3 is 5.73 Å². The van der Waals surface area contributed by atoms with Crippen molar-refractivity contribution >= 4 is 28.5 Å². The highest BCUT2D eigenvalue weighted by atomic mass is 127. The van der Waals surface area contributed by atoms with E-state index in [-0.39, 0.29) is 15.2 Å². The first-order valence-electron chi connectivity index (χ1n) is 5.58. The molecule has 0 fully saturated rings. The van der Waals surface area contributed by atoms with E-state index in [1.807, 2.05) is 30.3 Å². The van der Waals surface area contributed by atoms with Gasteiger partial charge in [-0.3, -0.25) is 4.79 Å². The number of hydrogen-bond acceptors (Lipinski definition) is 1. The third-order valence-electron chi connectivity index (χ3n) is 3.11. The molecule has 0 bridgehead atoms. The van der Waals surface area contributed by atoms with Crippen LogP contribution in [0.1, 0.15) is 38.2 Å². The summed E-state index contributed by atoms with van der Waals surface area (Å²) in [7, 11) is 0. The lowest BCUT2D eigenvalue weighted by Crippen LogP contribution is -2.37. The number of benzene rings is 1. The lowest BCUT2D eigenvalue weighted by atomic mass is 9.82. The molecule has 1 rings (SSSR count).